The molecule has 0 amide bonds. The number of nitrogens with zero attached hydrogens (tertiary/aromatic N) is 1. The Hall–Kier alpha value is -4.15. The minimum atomic E-state index is -1.27. The Balaban J connectivity index is 0.00000158. The van der Waals surface area contributed by atoms with Crippen molar-refractivity contribution in [2.75, 3.05) is 12.4 Å². The van der Waals surface area contributed by atoms with E-state index in [1.807, 2.05) is 44.2 Å². The van der Waals surface area contributed by atoms with Gasteiger partial charge in [-0.2, -0.15) is 0 Å². The molecule has 40 heavy (non-hydrogen) atoms. The summed E-state index contributed by atoms with van der Waals surface area (Å²) in [5.74, 6) is 0.924. The monoisotopic (exact) mass is 575 g/mol. The molecule has 0 saturated carbocycles. The number of benzene rings is 3. The molecule has 2 aliphatic heterocycles. The van der Waals surface area contributed by atoms with E-state index in [1.165, 1.54) is 39.8 Å². The van der Waals surface area contributed by atoms with Crippen molar-refractivity contribution in [3.8, 4) is 23.0 Å². The van der Waals surface area contributed by atoms with Crippen LogP contribution in [0.1, 0.15) is 40.9 Å². The van der Waals surface area contributed by atoms with Gasteiger partial charge in [0.1, 0.15) is 34.6 Å². The fraction of sp³-hybridized carbons (Fsp3) is 0.167. The third-order valence-electron chi connectivity index (χ3n) is 6.04. The van der Waals surface area contributed by atoms with Gasteiger partial charge in [0.15, 0.2) is 5.60 Å². The molecule has 204 valence electrons. The number of aromatic nitrogens is 1. The smallest absolute Gasteiger partial charge is 0.508 e. The second-order valence-corrected chi connectivity index (χ2v) is 10.8. The van der Waals surface area contributed by atoms with E-state index in [0.717, 1.165) is 5.03 Å². The molecule has 3 heterocycles. The molecule has 0 bridgehead atoms. The van der Waals surface area contributed by atoms with Crippen LogP contribution in [0.2, 0.25) is 0 Å². The van der Waals surface area contributed by atoms with Crippen LogP contribution in [0.5, 0.6) is 23.0 Å². The van der Waals surface area contributed by atoms with Crippen LogP contribution in [0.25, 0.3) is 0 Å². The van der Waals surface area contributed by atoms with Gasteiger partial charge < -0.3 is 24.1 Å². The highest BCUT2D eigenvalue weighted by atomic mass is 33.1. The number of hydrogen-bond donors (Lipinski definition) is 1. The summed E-state index contributed by atoms with van der Waals surface area (Å²) >= 11 is 0. The quantitative estimate of drug-likeness (QED) is 0.109. The summed E-state index contributed by atoms with van der Waals surface area (Å²) in [5.41, 5.74) is 0.983. The molecule has 1 atom stereocenters. The molecule has 8 nitrogen and oxygen atoms in total. The second kappa shape index (κ2) is 11.9. The predicted octanol–water partition coefficient (Wildman–Crippen LogP) is 7.34. The van der Waals surface area contributed by atoms with Gasteiger partial charge in [0, 0.05) is 40.8 Å². The summed E-state index contributed by atoms with van der Waals surface area (Å²) in [7, 11) is 3.01. The average Bonchev–Trinajstić information content (AvgIpc) is 3.27. The van der Waals surface area contributed by atoms with Crippen LogP contribution in [-0.4, -0.2) is 34.6 Å². The van der Waals surface area contributed by atoms with Gasteiger partial charge in [-0.15, -0.1) is 0 Å². The number of hydrogen-bond acceptors (Lipinski definition) is 10. The first-order chi connectivity index (χ1) is 19.5. The fourth-order valence-electron chi connectivity index (χ4n) is 4.49. The molecule has 0 fully saturated rings. The van der Waals surface area contributed by atoms with Crippen LogP contribution in [-0.2, 0) is 15.1 Å². The maximum atomic E-state index is 12.9. The van der Waals surface area contributed by atoms with Crippen LogP contribution in [0, 0.1) is 0 Å². The number of phenolic OH excluding ortho intramolecular Hbond substituents is 1. The largest absolute Gasteiger partial charge is 0.513 e. The minimum absolute atomic E-state index is 0.00461. The first-order valence-corrected chi connectivity index (χ1v) is 14.9. The van der Waals surface area contributed by atoms with Crippen molar-refractivity contribution in [1.29, 1.82) is 0 Å². The first kappa shape index (κ1) is 27.4. The summed E-state index contributed by atoms with van der Waals surface area (Å²) in [6.07, 6.45) is 0.868. The number of rotatable bonds is 6. The first-order valence-electron chi connectivity index (χ1n) is 12.6. The lowest BCUT2D eigenvalue weighted by atomic mass is 9.77. The Kier molecular flexibility index (Phi) is 8.18. The number of fused-ring (bicyclic) bond motifs is 6. The van der Waals surface area contributed by atoms with Gasteiger partial charge >= 0.3 is 12.1 Å². The number of ether oxygens (including phenoxy) is 4. The van der Waals surface area contributed by atoms with Gasteiger partial charge in [-0.25, -0.2) is 14.6 Å². The number of esters is 1. The molecule has 1 spiro atoms. The van der Waals surface area contributed by atoms with Crippen molar-refractivity contribution >= 4 is 33.7 Å². The van der Waals surface area contributed by atoms with Crippen molar-refractivity contribution in [2.45, 2.75) is 24.5 Å². The van der Waals surface area contributed by atoms with E-state index in [-0.39, 0.29) is 18.1 Å². The van der Waals surface area contributed by atoms with Gasteiger partial charge in [-0.1, -0.05) is 48.9 Å². The molecule has 1 N–H and O–H groups in total. The Morgan fingerprint density at radius 1 is 0.950 bits per heavy atom. The number of pyridine rings is 1. The van der Waals surface area contributed by atoms with E-state index in [2.05, 4.69) is 4.98 Å². The highest BCUT2D eigenvalue weighted by Crippen LogP contribution is 2.56. The van der Waals surface area contributed by atoms with Crippen LogP contribution in [0.3, 0.4) is 0 Å². The highest BCUT2D eigenvalue weighted by Gasteiger charge is 2.53. The van der Waals surface area contributed by atoms with Crippen LogP contribution >= 0.6 is 21.6 Å². The average molecular weight is 576 g/mol. The Morgan fingerprint density at radius 3 is 2.50 bits per heavy atom. The number of carbonyl (C=O) groups is 2. The molecule has 1 aromatic heterocycles. The Labute approximate surface area is 239 Å². The van der Waals surface area contributed by atoms with Crippen molar-refractivity contribution in [3.05, 3.63) is 107 Å². The van der Waals surface area contributed by atoms with Crippen LogP contribution in [0.4, 0.5) is 4.79 Å². The molecule has 10 heteroatoms. The second-order valence-electron chi connectivity index (χ2n) is 8.33. The van der Waals surface area contributed by atoms with E-state index in [0.29, 0.717) is 39.5 Å². The molecule has 6 rings (SSSR count). The van der Waals surface area contributed by atoms with E-state index < -0.39 is 17.7 Å². The van der Waals surface area contributed by atoms with E-state index >= 15 is 0 Å². The van der Waals surface area contributed by atoms with Crippen molar-refractivity contribution in [2.24, 2.45) is 0 Å². The molecular formula is C30H25NO7S2. The van der Waals surface area contributed by atoms with E-state index in [4.69, 9.17) is 18.9 Å². The van der Waals surface area contributed by atoms with Crippen LogP contribution < -0.4 is 9.47 Å². The third-order valence-corrected chi connectivity index (χ3v) is 8.27. The summed E-state index contributed by atoms with van der Waals surface area (Å²) in [5, 5.41) is 11.0. The lowest BCUT2D eigenvalue weighted by Crippen LogP contribution is -2.33. The molecule has 3 aromatic carbocycles. The van der Waals surface area contributed by atoms with Crippen molar-refractivity contribution < 1.29 is 33.6 Å². The van der Waals surface area contributed by atoms with Gasteiger partial charge in [0.2, 0.25) is 0 Å². The predicted molar refractivity (Wildman–Crippen MR) is 152 cm³/mol. The maximum absolute atomic E-state index is 12.9. The summed E-state index contributed by atoms with van der Waals surface area (Å²) in [6.45, 7) is 4.16. The van der Waals surface area contributed by atoms with Crippen molar-refractivity contribution in [3.63, 3.8) is 0 Å². The van der Waals surface area contributed by atoms with Gasteiger partial charge in [0.25, 0.3) is 0 Å². The topological polar surface area (TPSA) is 104 Å². The maximum Gasteiger partial charge on any atom is 0.513 e. The lowest BCUT2D eigenvalue weighted by molar-refractivity contribution is 0.0224. The SMILES string of the molecule is CC.O=C(OCCSSc1ccccn1)Oc1ccc2c(c1)Oc1cc(O)ccc1C21OC(=O)c2ccccc21. The summed E-state index contributed by atoms with van der Waals surface area (Å²) in [4.78, 5) is 29.4. The zero-order chi connectivity index (χ0) is 28.1. The number of phenols is 1. The molecule has 4 aromatic rings. The van der Waals surface area contributed by atoms with E-state index in [1.54, 1.807) is 36.5 Å². The molecule has 0 aliphatic carbocycles. The fourth-order valence-corrected chi connectivity index (χ4v) is 6.20. The number of carbonyl (C=O) groups excluding carboxylic acids is 2. The highest BCUT2D eigenvalue weighted by molar-refractivity contribution is 8.76. The molecule has 0 radical (unpaired) electrons. The third kappa shape index (κ3) is 5.20. The Morgan fingerprint density at radius 2 is 1.70 bits per heavy atom. The zero-order valence-electron chi connectivity index (χ0n) is 21.7. The van der Waals surface area contributed by atoms with Gasteiger partial charge in [-0.3, -0.25) is 0 Å². The van der Waals surface area contributed by atoms with Gasteiger partial charge in [-0.05, 0) is 53.3 Å². The summed E-state index contributed by atoms with van der Waals surface area (Å²) < 4.78 is 22.7. The summed E-state index contributed by atoms with van der Waals surface area (Å²) in [6, 6.07) is 22.3. The van der Waals surface area contributed by atoms with Crippen molar-refractivity contribution in [1.82, 2.24) is 4.98 Å². The normalized spacial score (nSPS) is 15.9. The lowest BCUT2D eigenvalue weighted by Gasteiger charge is -2.36. The minimum Gasteiger partial charge on any atom is -0.508 e. The molecule has 1 unspecified atom stereocenters. The van der Waals surface area contributed by atoms with Gasteiger partial charge in [0.05, 0.1) is 5.56 Å². The van der Waals surface area contributed by atoms with Crippen LogP contribution in [0.15, 0.2) is 90.1 Å². The molecular weight excluding hydrogens is 550 g/mol. The zero-order valence-corrected chi connectivity index (χ0v) is 23.3. The number of aromatic hydroxyl groups is 1. The molecule has 2 aliphatic rings. The standard InChI is InChI=1S/C28H19NO7S2.C2H6/c30-17-8-10-21-23(15-17)35-24-16-18(34-27(32)33-13-14-37-38-25-7-3-4-12-29-25)9-11-22(24)28(21)20-6-2-1-5-19(20)26(31)36-28;1-2/h1-12,15-16,30H,13-14H2;1-2H3. The van der Waals surface area contributed by atoms with E-state index in [9.17, 15) is 14.7 Å². The molecule has 0 saturated heterocycles. The Bertz CT molecular complexity index is 1550.